The van der Waals surface area contributed by atoms with Crippen LogP contribution in [0.2, 0.25) is 0 Å². The van der Waals surface area contributed by atoms with Crippen LogP contribution in [0.25, 0.3) is 10.9 Å². The summed E-state index contributed by atoms with van der Waals surface area (Å²) < 4.78 is 5.39. The molecule has 0 saturated heterocycles. The minimum Gasteiger partial charge on any atom is -0.497 e. The number of fused-ring (bicyclic) bond motifs is 1. The average molecular weight is 366 g/mol. The van der Waals surface area contributed by atoms with Crippen LogP contribution in [0, 0.1) is 0 Å². The Morgan fingerprint density at radius 1 is 1.12 bits per heavy atom. The predicted octanol–water partition coefficient (Wildman–Crippen LogP) is 5.03. The summed E-state index contributed by atoms with van der Waals surface area (Å²) in [5.41, 5.74) is 2.31. The number of hydrogen-bond donors (Lipinski definition) is 2. The van der Waals surface area contributed by atoms with Crippen LogP contribution in [0.15, 0.2) is 30.5 Å². The zero-order chi connectivity index (χ0) is 17.4. The normalized spacial score (nSPS) is 11.2. The molecule has 5 heteroatoms. The summed E-state index contributed by atoms with van der Waals surface area (Å²) in [7, 11) is 1.70. The lowest BCUT2D eigenvalue weighted by atomic mass is 10.0. The lowest BCUT2D eigenvalue weighted by Crippen LogP contribution is -2.38. The van der Waals surface area contributed by atoms with E-state index in [1.165, 1.54) is 12.8 Å². The molecule has 2 aromatic rings. The third kappa shape index (κ3) is 6.71. The molecule has 2 N–H and O–H groups in total. The van der Waals surface area contributed by atoms with Crippen LogP contribution in [0.3, 0.4) is 0 Å². The highest BCUT2D eigenvalue weighted by Gasteiger charge is 2.12. The van der Waals surface area contributed by atoms with Crippen molar-refractivity contribution in [1.82, 2.24) is 10.3 Å². The van der Waals surface area contributed by atoms with Crippen molar-refractivity contribution in [3.05, 3.63) is 30.5 Å². The summed E-state index contributed by atoms with van der Waals surface area (Å²) in [6.07, 6.45) is 6.57. The Bertz CT molecular complexity index is 646. The first kappa shape index (κ1) is 21.5. The molecule has 0 radical (unpaired) electrons. The van der Waals surface area contributed by atoms with Crippen molar-refractivity contribution in [3.63, 3.8) is 0 Å². The second-order valence-corrected chi connectivity index (χ2v) is 6.90. The highest BCUT2D eigenvalue weighted by molar-refractivity contribution is 5.91. The van der Waals surface area contributed by atoms with Gasteiger partial charge in [-0.2, -0.15) is 0 Å². The number of pyridine rings is 1. The van der Waals surface area contributed by atoms with Crippen molar-refractivity contribution in [3.8, 4) is 5.75 Å². The van der Waals surface area contributed by atoms with Gasteiger partial charge in [0.25, 0.3) is 0 Å². The van der Waals surface area contributed by atoms with Crippen molar-refractivity contribution in [2.75, 3.05) is 25.5 Å². The van der Waals surface area contributed by atoms with Gasteiger partial charge in [-0.05, 0) is 51.8 Å². The van der Waals surface area contributed by atoms with Crippen molar-refractivity contribution in [2.24, 2.45) is 0 Å². The van der Waals surface area contributed by atoms with Gasteiger partial charge in [-0.3, -0.25) is 4.98 Å². The Labute approximate surface area is 158 Å². The molecule has 0 unspecified atom stereocenters. The predicted molar refractivity (Wildman–Crippen MR) is 110 cm³/mol. The highest BCUT2D eigenvalue weighted by Crippen LogP contribution is 2.27. The Kier molecular flexibility index (Phi) is 9.01. The number of rotatable bonds is 10. The minimum absolute atomic E-state index is 0. The number of nitrogens with one attached hydrogen (secondary N) is 2. The topological polar surface area (TPSA) is 46.2 Å². The SMILES string of the molecule is CCC(C)(C)NCCCCCNc1cc(OC)cc2cccnc12.Cl. The van der Waals surface area contributed by atoms with Gasteiger partial charge in [-0.15, -0.1) is 12.4 Å². The molecular weight excluding hydrogens is 334 g/mol. The number of hydrogen-bond acceptors (Lipinski definition) is 4. The zero-order valence-electron chi connectivity index (χ0n) is 15.9. The minimum atomic E-state index is 0. The maximum absolute atomic E-state index is 5.39. The second-order valence-electron chi connectivity index (χ2n) is 6.90. The first-order chi connectivity index (χ1) is 11.6. The number of halogens is 1. The number of methoxy groups -OCH3 is 1. The molecule has 0 amide bonds. The summed E-state index contributed by atoms with van der Waals surface area (Å²) in [4.78, 5) is 4.49. The molecule has 0 atom stereocenters. The third-order valence-electron chi connectivity index (χ3n) is 4.57. The molecule has 25 heavy (non-hydrogen) atoms. The molecular formula is C20H32ClN3O. The maximum atomic E-state index is 5.39. The van der Waals surface area contributed by atoms with Gasteiger partial charge >= 0.3 is 0 Å². The van der Waals surface area contributed by atoms with Crippen molar-refractivity contribution in [1.29, 1.82) is 0 Å². The number of aromatic nitrogens is 1. The van der Waals surface area contributed by atoms with Crippen LogP contribution < -0.4 is 15.4 Å². The van der Waals surface area contributed by atoms with Gasteiger partial charge in [0.15, 0.2) is 0 Å². The quantitative estimate of drug-likeness (QED) is 0.580. The van der Waals surface area contributed by atoms with Gasteiger partial charge in [-0.25, -0.2) is 0 Å². The molecule has 0 bridgehead atoms. The molecule has 2 rings (SSSR count). The van der Waals surface area contributed by atoms with Gasteiger partial charge in [0.05, 0.1) is 18.3 Å². The first-order valence-corrected chi connectivity index (χ1v) is 8.97. The maximum Gasteiger partial charge on any atom is 0.121 e. The first-order valence-electron chi connectivity index (χ1n) is 8.97. The summed E-state index contributed by atoms with van der Waals surface area (Å²) in [6.45, 7) is 8.79. The molecule has 4 nitrogen and oxygen atoms in total. The van der Waals surface area contributed by atoms with E-state index in [0.29, 0.717) is 0 Å². The third-order valence-corrected chi connectivity index (χ3v) is 4.57. The Morgan fingerprint density at radius 3 is 2.60 bits per heavy atom. The summed E-state index contributed by atoms with van der Waals surface area (Å²) in [5, 5.41) is 8.23. The average Bonchev–Trinajstić information content (AvgIpc) is 2.60. The van der Waals surface area contributed by atoms with Gasteiger partial charge in [0.1, 0.15) is 5.75 Å². The molecule has 0 saturated carbocycles. The monoisotopic (exact) mass is 365 g/mol. The van der Waals surface area contributed by atoms with Crippen molar-refractivity contribution in [2.45, 2.75) is 52.0 Å². The largest absolute Gasteiger partial charge is 0.497 e. The molecule has 0 aliphatic heterocycles. The van der Waals surface area contributed by atoms with E-state index < -0.39 is 0 Å². The second kappa shape index (κ2) is 10.5. The van der Waals surface area contributed by atoms with E-state index in [1.54, 1.807) is 7.11 Å². The molecule has 1 aromatic heterocycles. The van der Waals surface area contributed by atoms with Crippen LogP contribution in [-0.2, 0) is 0 Å². The molecule has 0 spiro atoms. The number of anilines is 1. The van der Waals surface area contributed by atoms with E-state index in [0.717, 1.165) is 48.3 Å². The lowest BCUT2D eigenvalue weighted by molar-refractivity contribution is 0.371. The molecule has 0 aliphatic carbocycles. The fourth-order valence-corrected chi connectivity index (χ4v) is 2.62. The van der Waals surface area contributed by atoms with Crippen LogP contribution in [0.1, 0.15) is 46.5 Å². The fraction of sp³-hybridized carbons (Fsp3) is 0.550. The lowest BCUT2D eigenvalue weighted by Gasteiger charge is -2.24. The summed E-state index contributed by atoms with van der Waals surface area (Å²) in [6, 6.07) is 8.07. The highest BCUT2D eigenvalue weighted by atomic mass is 35.5. The van der Waals surface area contributed by atoms with E-state index in [9.17, 15) is 0 Å². The molecule has 0 aliphatic rings. The fourth-order valence-electron chi connectivity index (χ4n) is 2.62. The number of benzene rings is 1. The Hall–Kier alpha value is -1.52. The van der Waals surface area contributed by atoms with Crippen molar-refractivity contribution < 1.29 is 4.74 Å². The van der Waals surface area contributed by atoms with E-state index in [1.807, 2.05) is 24.4 Å². The Balaban J connectivity index is 0.00000312. The number of unbranched alkanes of at least 4 members (excludes halogenated alkanes) is 2. The van der Waals surface area contributed by atoms with Gasteiger partial charge in [0.2, 0.25) is 0 Å². The number of nitrogens with zero attached hydrogens (tertiary/aromatic N) is 1. The summed E-state index contributed by atoms with van der Waals surface area (Å²) >= 11 is 0. The van der Waals surface area contributed by atoms with E-state index in [-0.39, 0.29) is 17.9 Å². The van der Waals surface area contributed by atoms with Gasteiger partial charge < -0.3 is 15.4 Å². The number of ether oxygens (including phenoxy) is 1. The van der Waals surface area contributed by atoms with Gasteiger partial charge in [-0.1, -0.05) is 19.4 Å². The van der Waals surface area contributed by atoms with Crippen molar-refractivity contribution >= 4 is 29.0 Å². The van der Waals surface area contributed by atoms with E-state index in [2.05, 4.69) is 42.5 Å². The van der Waals surface area contributed by atoms with Crippen LogP contribution in [0.5, 0.6) is 5.75 Å². The van der Waals surface area contributed by atoms with Crippen LogP contribution >= 0.6 is 12.4 Å². The molecule has 1 aromatic carbocycles. The summed E-state index contributed by atoms with van der Waals surface area (Å²) in [5.74, 6) is 0.865. The smallest absolute Gasteiger partial charge is 0.121 e. The standard InChI is InChI=1S/C20H31N3O.ClH/c1-5-20(2,3)23-13-8-6-7-11-21-18-15-17(24-4)14-16-10-9-12-22-19(16)18;/h9-10,12,14-15,21,23H,5-8,11,13H2,1-4H3;1H. The molecule has 140 valence electrons. The van der Waals surface area contributed by atoms with Crippen LogP contribution in [0.4, 0.5) is 5.69 Å². The van der Waals surface area contributed by atoms with Gasteiger partial charge in [0, 0.05) is 29.7 Å². The van der Waals surface area contributed by atoms with E-state index in [4.69, 9.17) is 4.74 Å². The van der Waals surface area contributed by atoms with Crippen LogP contribution in [-0.4, -0.2) is 30.7 Å². The Morgan fingerprint density at radius 2 is 1.88 bits per heavy atom. The van der Waals surface area contributed by atoms with E-state index >= 15 is 0 Å². The molecule has 1 heterocycles. The molecule has 0 fully saturated rings. The zero-order valence-corrected chi connectivity index (χ0v) is 16.7.